The Morgan fingerprint density at radius 3 is 2.81 bits per heavy atom. The molecule has 3 atom stereocenters. The third kappa shape index (κ3) is 3.42. The second-order valence-corrected chi connectivity index (χ2v) is 8.95. The van der Waals surface area contributed by atoms with Gasteiger partial charge in [-0.3, -0.25) is 4.79 Å². The Morgan fingerprint density at radius 2 is 2.03 bits per heavy atom. The zero-order valence-electron chi connectivity index (χ0n) is 18.5. The smallest absolute Gasteiger partial charge is 0.243 e. The van der Waals surface area contributed by atoms with Crippen LogP contribution in [0.5, 0.6) is 5.75 Å². The summed E-state index contributed by atoms with van der Waals surface area (Å²) in [6, 6.07) is 12.7. The van der Waals surface area contributed by atoms with Gasteiger partial charge < -0.3 is 25.0 Å². The first kappa shape index (κ1) is 20.6. The Hall–Kier alpha value is -3.32. The molecule has 3 N–H and O–H groups in total. The molecule has 166 valence electrons. The molecule has 32 heavy (non-hydrogen) atoms. The number of methoxy groups -OCH3 is 1. The number of aliphatic hydroxyl groups is 1. The first-order chi connectivity index (χ1) is 15.5. The van der Waals surface area contributed by atoms with Gasteiger partial charge in [-0.1, -0.05) is 32.0 Å². The number of H-pyrrole nitrogens is 1. The van der Waals surface area contributed by atoms with Crippen molar-refractivity contribution in [1.82, 2.24) is 15.2 Å². The number of fused-ring (bicyclic) bond motifs is 3. The number of amides is 1. The minimum Gasteiger partial charge on any atom is -0.497 e. The van der Waals surface area contributed by atoms with Crippen LogP contribution in [0.1, 0.15) is 37.6 Å². The lowest BCUT2D eigenvalue weighted by Crippen LogP contribution is -2.65. The number of hydrogen-bond donors (Lipinski definition) is 3. The van der Waals surface area contributed by atoms with E-state index >= 15 is 0 Å². The predicted octanol–water partition coefficient (Wildman–Crippen LogP) is 3.67. The monoisotopic (exact) mass is 432 g/mol. The Kier molecular flexibility index (Phi) is 5.13. The second kappa shape index (κ2) is 7.98. The summed E-state index contributed by atoms with van der Waals surface area (Å²) in [7, 11) is 1.60. The second-order valence-electron chi connectivity index (χ2n) is 8.95. The molecule has 2 aromatic carbocycles. The lowest BCUT2D eigenvalue weighted by atomic mass is 9.92. The number of ether oxygens (including phenoxy) is 1. The molecule has 1 saturated heterocycles. The van der Waals surface area contributed by atoms with Gasteiger partial charge in [0.2, 0.25) is 5.91 Å². The molecule has 1 aromatic heterocycles. The largest absolute Gasteiger partial charge is 0.497 e. The van der Waals surface area contributed by atoms with E-state index in [9.17, 15) is 9.90 Å². The number of aromatic amines is 1. The van der Waals surface area contributed by atoms with Crippen molar-refractivity contribution >= 4 is 28.3 Å². The Morgan fingerprint density at radius 1 is 1.22 bits per heavy atom. The molecule has 2 aliphatic heterocycles. The highest BCUT2D eigenvalue weighted by Crippen LogP contribution is 2.40. The molecule has 0 aliphatic carbocycles. The number of hydrogen-bond acceptors (Lipinski definition) is 5. The first-order valence-corrected chi connectivity index (χ1v) is 11.0. The van der Waals surface area contributed by atoms with E-state index in [4.69, 9.17) is 9.73 Å². The fraction of sp³-hybridized carbons (Fsp3) is 0.360. The predicted molar refractivity (Wildman–Crippen MR) is 124 cm³/mol. The maximum absolute atomic E-state index is 13.3. The number of aromatic nitrogens is 1. The summed E-state index contributed by atoms with van der Waals surface area (Å²) < 4.78 is 5.36. The van der Waals surface area contributed by atoms with E-state index in [1.165, 1.54) is 0 Å². The lowest BCUT2D eigenvalue weighted by molar-refractivity contribution is -0.131. The van der Waals surface area contributed by atoms with Crippen molar-refractivity contribution in [2.24, 2.45) is 10.9 Å². The van der Waals surface area contributed by atoms with Crippen molar-refractivity contribution in [3.8, 4) is 5.75 Å². The van der Waals surface area contributed by atoms with Crippen molar-refractivity contribution in [2.45, 2.75) is 45.0 Å². The van der Waals surface area contributed by atoms with Gasteiger partial charge in [-0.2, -0.15) is 0 Å². The van der Waals surface area contributed by atoms with E-state index in [0.29, 0.717) is 35.2 Å². The molecule has 3 heterocycles. The molecule has 0 bridgehead atoms. The molecule has 5 rings (SSSR count). The minimum atomic E-state index is -0.983. The zero-order valence-corrected chi connectivity index (χ0v) is 18.5. The summed E-state index contributed by atoms with van der Waals surface area (Å²) in [5.41, 5.74) is 3.42. The van der Waals surface area contributed by atoms with Gasteiger partial charge in [0.15, 0.2) is 6.23 Å². The van der Waals surface area contributed by atoms with Crippen LogP contribution in [-0.2, 0) is 11.2 Å². The molecular formula is C25H28N4O3. The van der Waals surface area contributed by atoms with Gasteiger partial charge >= 0.3 is 0 Å². The van der Waals surface area contributed by atoms with E-state index in [-0.39, 0.29) is 11.9 Å². The number of para-hydroxylation sites is 1. The van der Waals surface area contributed by atoms with Crippen LogP contribution < -0.4 is 10.1 Å². The molecule has 0 saturated carbocycles. The number of piperazine rings is 1. The Labute approximate surface area is 187 Å². The molecule has 1 amide bonds. The zero-order chi connectivity index (χ0) is 22.4. The highest BCUT2D eigenvalue weighted by molar-refractivity contribution is 6.02. The topological polar surface area (TPSA) is 89.9 Å². The van der Waals surface area contributed by atoms with Crippen LogP contribution in [-0.4, -0.2) is 45.9 Å². The number of aliphatic hydroxyl groups excluding tert-OH is 1. The van der Waals surface area contributed by atoms with E-state index in [1.807, 2.05) is 42.6 Å². The molecular weight excluding hydrogens is 404 g/mol. The van der Waals surface area contributed by atoms with Crippen LogP contribution >= 0.6 is 0 Å². The number of aliphatic imine (C=N–C) groups is 1. The summed E-state index contributed by atoms with van der Waals surface area (Å²) in [4.78, 5) is 23.3. The van der Waals surface area contributed by atoms with E-state index in [0.717, 1.165) is 22.9 Å². The Balaban J connectivity index is 1.58. The number of carbonyl (C=O) groups excluding carboxylic acids is 1. The number of amidine groups is 1. The van der Waals surface area contributed by atoms with Gasteiger partial charge in [-0.05, 0) is 42.2 Å². The van der Waals surface area contributed by atoms with E-state index in [1.54, 1.807) is 18.1 Å². The van der Waals surface area contributed by atoms with Crippen molar-refractivity contribution in [1.29, 1.82) is 0 Å². The van der Waals surface area contributed by atoms with Crippen molar-refractivity contribution in [2.75, 3.05) is 7.11 Å². The number of rotatable bonds is 5. The molecule has 1 fully saturated rings. The number of benzene rings is 2. The summed E-state index contributed by atoms with van der Waals surface area (Å²) >= 11 is 0. The van der Waals surface area contributed by atoms with Crippen LogP contribution in [0.4, 0.5) is 5.69 Å². The summed E-state index contributed by atoms with van der Waals surface area (Å²) in [6.07, 6.45) is 2.17. The van der Waals surface area contributed by atoms with E-state index in [2.05, 4.69) is 24.1 Å². The highest BCUT2D eigenvalue weighted by Gasteiger charge is 2.45. The number of nitrogens with one attached hydrogen (secondary N) is 2. The molecule has 1 unspecified atom stereocenters. The third-order valence-corrected chi connectivity index (χ3v) is 6.34. The maximum Gasteiger partial charge on any atom is 0.243 e. The van der Waals surface area contributed by atoms with Gasteiger partial charge in [0.25, 0.3) is 0 Å². The molecule has 7 heteroatoms. The Bertz CT molecular complexity index is 1200. The van der Waals surface area contributed by atoms with Crippen LogP contribution in [0, 0.1) is 5.92 Å². The van der Waals surface area contributed by atoms with Crippen LogP contribution in [0.15, 0.2) is 53.7 Å². The van der Waals surface area contributed by atoms with Crippen LogP contribution in [0.25, 0.3) is 10.9 Å². The summed E-state index contributed by atoms with van der Waals surface area (Å²) in [5, 5.41) is 15.7. The molecule has 2 aliphatic rings. The average Bonchev–Trinajstić information content (AvgIpc) is 3.19. The van der Waals surface area contributed by atoms with Gasteiger partial charge in [-0.25, -0.2) is 4.99 Å². The van der Waals surface area contributed by atoms with Gasteiger partial charge in [0.05, 0.1) is 18.8 Å². The van der Waals surface area contributed by atoms with Crippen molar-refractivity contribution in [3.63, 3.8) is 0 Å². The van der Waals surface area contributed by atoms with Crippen molar-refractivity contribution in [3.05, 3.63) is 59.8 Å². The molecule has 7 nitrogen and oxygen atoms in total. The van der Waals surface area contributed by atoms with Crippen LogP contribution in [0.3, 0.4) is 0 Å². The highest BCUT2D eigenvalue weighted by atomic mass is 16.5. The SMILES string of the molecule is COc1ccc2c(c1)C(O)N1C(=N2)[C@H](CC(C)C)NC(=O)[C@H]1Cc1c[nH]c2ccccc12. The van der Waals surface area contributed by atoms with Gasteiger partial charge in [0.1, 0.15) is 17.6 Å². The average molecular weight is 433 g/mol. The molecule has 0 spiro atoms. The summed E-state index contributed by atoms with van der Waals surface area (Å²) in [6.45, 7) is 4.24. The first-order valence-electron chi connectivity index (χ1n) is 11.0. The normalized spacial score (nSPS) is 22.4. The quantitative estimate of drug-likeness (QED) is 0.574. The van der Waals surface area contributed by atoms with Gasteiger partial charge in [-0.15, -0.1) is 0 Å². The fourth-order valence-electron chi connectivity index (χ4n) is 4.81. The molecule has 0 radical (unpaired) electrons. The van der Waals surface area contributed by atoms with Crippen molar-refractivity contribution < 1.29 is 14.6 Å². The third-order valence-electron chi connectivity index (χ3n) is 6.34. The standard InChI is InChI=1S/C25H28N4O3/c1-14(2)10-21-23-27-20-9-8-16(32-3)12-18(20)25(31)29(23)22(24(30)28-21)11-15-13-26-19-7-5-4-6-17(15)19/h4-9,12-14,21-22,25-26,31H,10-11H2,1-3H3,(H,28,30)/t21-,22+,25?/m0/s1. The number of nitrogens with zero attached hydrogens (tertiary/aromatic N) is 2. The maximum atomic E-state index is 13.3. The molecule has 3 aromatic rings. The van der Waals surface area contributed by atoms with Gasteiger partial charge in [0, 0.05) is 29.1 Å². The fourth-order valence-corrected chi connectivity index (χ4v) is 4.81. The summed E-state index contributed by atoms with van der Waals surface area (Å²) in [5.74, 6) is 1.64. The van der Waals surface area contributed by atoms with Crippen LogP contribution in [0.2, 0.25) is 0 Å². The lowest BCUT2D eigenvalue weighted by Gasteiger charge is -2.46. The van der Waals surface area contributed by atoms with E-state index < -0.39 is 12.3 Å². The number of carbonyl (C=O) groups is 1. The minimum absolute atomic E-state index is 0.0923.